The molecule has 2 N–H and O–H groups in total. The van der Waals surface area contributed by atoms with Gasteiger partial charge in [-0.05, 0) is 68.9 Å². The van der Waals surface area contributed by atoms with E-state index in [1.54, 1.807) is 12.3 Å². The molecule has 10 heteroatoms. The van der Waals surface area contributed by atoms with Crippen LogP contribution in [0, 0.1) is 19.8 Å². The predicted octanol–water partition coefficient (Wildman–Crippen LogP) is 1.89. The first kappa shape index (κ1) is 24.1. The summed E-state index contributed by atoms with van der Waals surface area (Å²) >= 11 is 0. The highest BCUT2D eigenvalue weighted by Crippen LogP contribution is 2.33. The van der Waals surface area contributed by atoms with Crippen LogP contribution in [0.15, 0.2) is 41.6 Å². The Balaban J connectivity index is 1.21. The summed E-state index contributed by atoms with van der Waals surface area (Å²) in [5.74, 6) is 0.596. The van der Waals surface area contributed by atoms with Crippen molar-refractivity contribution in [2.75, 3.05) is 25.0 Å². The third-order valence-electron chi connectivity index (χ3n) is 7.12. The maximum absolute atomic E-state index is 13.1. The summed E-state index contributed by atoms with van der Waals surface area (Å²) in [6.45, 7) is 4.89. The Hall–Kier alpha value is -3.66. The molecule has 2 amide bonds. The van der Waals surface area contributed by atoms with Crippen LogP contribution in [-0.4, -0.2) is 61.3 Å². The van der Waals surface area contributed by atoms with E-state index in [-0.39, 0.29) is 42.0 Å². The van der Waals surface area contributed by atoms with Gasteiger partial charge in [0.1, 0.15) is 17.6 Å². The first-order valence-electron chi connectivity index (χ1n) is 12.3. The fourth-order valence-corrected chi connectivity index (χ4v) is 4.56. The zero-order valence-electron chi connectivity index (χ0n) is 20.6. The summed E-state index contributed by atoms with van der Waals surface area (Å²) < 4.78 is 8.37. The molecule has 1 aromatic carbocycles. The lowest BCUT2D eigenvalue weighted by Crippen LogP contribution is -2.50. The van der Waals surface area contributed by atoms with E-state index < -0.39 is 5.60 Å². The number of rotatable bonds is 7. The third-order valence-corrected chi connectivity index (χ3v) is 7.12. The molecule has 1 aliphatic heterocycles. The molecule has 0 unspecified atom stereocenters. The van der Waals surface area contributed by atoms with Crippen molar-refractivity contribution in [1.29, 1.82) is 0 Å². The number of nitrogens with zero attached hydrogens (tertiary/aromatic N) is 4. The molecule has 1 saturated heterocycles. The van der Waals surface area contributed by atoms with Gasteiger partial charge < -0.3 is 20.1 Å². The maximum atomic E-state index is 13.1. The number of aliphatic hydroxyl groups is 1. The lowest BCUT2D eigenvalue weighted by atomic mass is 9.91. The van der Waals surface area contributed by atoms with Gasteiger partial charge in [0.15, 0.2) is 6.61 Å². The highest BCUT2D eigenvalue weighted by atomic mass is 16.5. The molecule has 1 aliphatic carbocycles. The van der Waals surface area contributed by atoms with Crippen molar-refractivity contribution in [2.24, 2.45) is 5.92 Å². The molecule has 0 atom stereocenters. The normalized spacial score (nSPS) is 17.2. The summed E-state index contributed by atoms with van der Waals surface area (Å²) in [5.41, 5.74) is 1.54. The largest absolute Gasteiger partial charge is 0.484 e. The van der Waals surface area contributed by atoms with Crippen LogP contribution in [-0.2, 0) is 16.1 Å². The van der Waals surface area contributed by atoms with Crippen molar-refractivity contribution in [3.63, 3.8) is 0 Å². The summed E-state index contributed by atoms with van der Waals surface area (Å²) in [6.07, 6.45) is 5.69. The Bertz CT molecular complexity index is 1360. The molecule has 36 heavy (non-hydrogen) atoms. The van der Waals surface area contributed by atoms with Crippen LogP contribution in [0.1, 0.15) is 36.8 Å². The van der Waals surface area contributed by atoms with Crippen LogP contribution in [0.25, 0.3) is 5.52 Å². The molecule has 3 aromatic rings. The number of nitrogens with one attached hydrogen (secondary N) is 1. The molecule has 2 aliphatic rings. The maximum Gasteiger partial charge on any atom is 0.277 e. The molecule has 2 fully saturated rings. The zero-order valence-corrected chi connectivity index (χ0v) is 20.6. The molecule has 0 radical (unpaired) electrons. The number of aromatic nitrogens is 3. The van der Waals surface area contributed by atoms with Gasteiger partial charge in [-0.2, -0.15) is 5.10 Å². The minimum absolute atomic E-state index is 0.0947. The van der Waals surface area contributed by atoms with E-state index in [4.69, 9.17) is 4.74 Å². The van der Waals surface area contributed by atoms with Gasteiger partial charge in [0, 0.05) is 19.0 Å². The standard InChI is InChI=1S/C26H31N5O5/c1-17-3-6-21(11-18(17)2)36-14-23(32)28-20-12-22-25(34)30(16-27-31(22)13-20)15-26(35)7-9-29(10-8-26)24(33)19-4-5-19/h3,6,11-13,16,19,35H,4-5,7-10,14-15H2,1-2H3,(H,28,32). The number of hydrogen-bond donors (Lipinski definition) is 2. The van der Waals surface area contributed by atoms with Gasteiger partial charge in [0.2, 0.25) is 5.91 Å². The Kier molecular flexibility index (Phi) is 6.29. The van der Waals surface area contributed by atoms with E-state index in [0.717, 1.165) is 24.0 Å². The quantitative estimate of drug-likeness (QED) is 0.519. The molecule has 10 nitrogen and oxygen atoms in total. The van der Waals surface area contributed by atoms with Crippen LogP contribution in [0.3, 0.4) is 0 Å². The van der Waals surface area contributed by atoms with Gasteiger partial charge in [-0.1, -0.05) is 6.07 Å². The number of ether oxygens (including phenoxy) is 1. The van der Waals surface area contributed by atoms with E-state index >= 15 is 0 Å². The van der Waals surface area contributed by atoms with Gasteiger partial charge in [-0.3, -0.25) is 19.0 Å². The molecule has 1 saturated carbocycles. The number of benzene rings is 1. The minimum atomic E-state index is -1.08. The molecular formula is C26H31N5O5. The van der Waals surface area contributed by atoms with Crippen LogP contribution in [0.4, 0.5) is 5.69 Å². The van der Waals surface area contributed by atoms with Crippen molar-refractivity contribution in [2.45, 2.75) is 51.7 Å². The van der Waals surface area contributed by atoms with E-state index in [0.29, 0.717) is 37.4 Å². The summed E-state index contributed by atoms with van der Waals surface area (Å²) in [4.78, 5) is 39.6. The fraction of sp³-hybridized carbons (Fsp3) is 0.462. The second kappa shape index (κ2) is 9.42. The molecule has 3 heterocycles. The second-order valence-corrected chi connectivity index (χ2v) is 10.0. The smallest absolute Gasteiger partial charge is 0.277 e. The highest BCUT2D eigenvalue weighted by Gasteiger charge is 2.39. The number of anilines is 1. The summed E-state index contributed by atoms with van der Waals surface area (Å²) in [7, 11) is 0. The van der Waals surface area contributed by atoms with Crippen LogP contribution >= 0.6 is 0 Å². The second-order valence-electron chi connectivity index (χ2n) is 10.0. The number of carbonyl (C=O) groups excluding carboxylic acids is 2. The van der Waals surface area contributed by atoms with Gasteiger partial charge >= 0.3 is 0 Å². The topological polar surface area (TPSA) is 118 Å². The molecule has 190 valence electrons. The van der Waals surface area contributed by atoms with Crippen molar-refractivity contribution >= 4 is 23.0 Å². The van der Waals surface area contributed by atoms with E-state index in [2.05, 4.69) is 10.4 Å². The molecule has 5 rings (SSSR count). The molecule has 0 bridgehead atoms. The Morgan fingerprint density at radius 1 is 1.17 bits per heavy atom. The van der Waals surface area contributed by atoms with Crippen molar-refractivity contribution < 1.29 is 19.4 Å². The number of likely N-dealkylation sites (tertiary alicyclic amines) is 1. The lowest BCUT2D eigenvalue weighted by Gasteiger charge is -2.38. The minimum Gasteiger partial charge on any atom is -0.484 e. The van der Waals surface area contributed by atoms with Crippen LogP contribution in [0.5, 0.6) is 5.75 Å². The Labute approximate surface area is 208 Å². The average molecular weight is 494 g/mol. The SMILES string of the molecule is Cc1ccc(OCC(=O)Nc2cc3c(=O)n(CC4(O)CCN(C(=O)C5CC5)CC4)cnn3c2)cc1C. The van der Waals surface area contributed by atoms with E-state index in [9.17, 15) is 19.5 Å². The zero-order chi connectivity index (χ0) is 25.4. The molecule has 0 spiro atoms. The Morgan fingerprint density at radius 3 is 2.61 bits per heavy atom. The monoisotopic (exact) mass is 493 g/mol. The van der Waals surface area contributed by atoms with Gasteiger partial charge in [0.25, 0.3) is 11.5 Å². The predicted molar refractivity (Wildman–Crippen MR) is 133 cm³/mol. The number of amides is 2. The first-order valence-corrected chi connectivity index (χ1v) is 12.3. The van der Waals surface area contributed by atoms with Gasteiger partial charge in [-0.15, -0.1) is 0 Å². The molecule has 2 aromatic heterocycles. The Morgan fingerprint density at radius 2 is 1.92 bits per heavy atom. The van der Waals surface area contributed by atoms with Crippen LogP contribution < -0.4 is 15.6 Å². The number of piperidine rings is 1. The fourth-order valence-electron chi connectivity index (χ4n) is 4.56. The summed E-state index contributed by atoms with van der Waals surface area (Å²) in [5, 5.41) is 18.1. The number of carbonyl (C=O) groups is 2. The molecular weight excluding hydrogens is 462 g/mol. The third kappa shape index (κ3) is 5.13. The lowest BCUT2D eigenvalue weighted by molar-refractivity contribution is -0.137. The number of aryl methyl sites for hydroxylation is 2. The van der Waals surface area contributed by atoms with Crippen molar-refractivity contribution in [3.8, 4) is 5.75 Å². The van der Waals surface area contributed by atoms with Gasteiger partial charge in [0.05, 0.1) is 24.0 Å². The van der Waals surface area contributed by atoms with E-state index in [1.165, 1.54) is 15.4 Å². The summed E-state index contributed by atoms with van der Waals surface area (Å²) in [6, 6.07) is 7.19. The number of hydrogen-bond acceptors (Lipinski definition) is 6. The van der Waals surface area contributed by atoms with Crippen LogP contribution in [0.2, 0.25) is 0 Å². The van der Waals surface area contributed by atoms with Gasteiger partial charge in [-0.25, -0.2) is 4.52 Å². The van der Waals surface area contributed by atoms with E-state index in [1.807, 2.05) is 36.9 Å². The highest BCUT2D eigenvalue weighted by molar-refractivity contribution is 5.92. The number of fused-ring (bicyclic) bond motifs is 1. The first-order chi connectivity index (χ1) is 17.2. The average Bonchev–Trinajstić information content (AvgIpc) is 3.62. The van der Waals surface area contributed by atoms with Crippen molar-refractivity contribution in [3.05, 3.63) is 58.3 Å². The van der Waals surface area contributed by atoms with Crippen molar-refractivity contribution in [1.82, 2.24) is 19.1 Å².